The van der Waals surface area contributed by atoms with Gasteiger partial charge in [-0.15, -0.1) is 0 Å². The summed E-state index contributed by atoms with van der Waals surface area (Å²) < 4.78 is 40.0. The number of sulfonamides is 1. The molecule has 72 heavy (non-hydrogen) atoms. The van der Waals surface area contributed by atoms with Gasteiger partial charge in [-0.25, -0.2) is 22.8 Å². The SMILES string of the molecule is CN1CCC(CNc2ccc(S(=O)(=O)NC(=O)c3ccc(N4CCN(CC5=C(c6ccc(Cl)cc6)CC(C)(C)CC5)CC4)cc3-n3ncc4nc5c(ccn5COCC[Si](C)(C)C)cc43)cc2[N+](=O)[O-])CC1. The average molecular weight is 1040 g/mol. The molecule has 2 saturated heterocycles. The Hall–Kier alpha value is -5.63. The van der Waals surface area contributed by atoms with E-state index < -0.39 is 39.5 Å². The Kier molecular flexibility index (Phi) is 15.0. The Balaban J connectivity index is 0.988. The zero-order chi connectivity index (χ0) is 51.0. The average Bonchev–Trinajstić information content (AvgIpc) is 3.95. The number of anilines is 2. The van der Waals surface area contributed by atoms with Crippen LogP contribution in [0.25, 0.3) is 33.3 Å². The van der Waals surface area contributed by atoms with Crippen molar-refractivity contribution in [2.24, 2.45) is 11.3 Å². The highest BCUT2D eigenvalue weighted by Crippen LogP contribution is 2.43. The highest BCUT2D eigenvalue weighted by atomic mass is 35.5. The molecule has 1 amide bonds. The number of hydrogen-bond donors (Lipinski definition) is 2. The number of allylic oxidation sites excluding steroid dienone is 1. The molecule has 5 heterocycles. The predicted molar refractivity (Wildman–Crippen MR) is 290 cm³/mol. The van der Waals surface area contributed by atoms with Crippen LogP contribution in [0.2, 0.25) is 30.7 Å². The number of benzene rings is 3. The summed E-state index contributed by atoms with van der Waals surface area (Å²) in [5.74, 6) is -0.576. The fraction of sp³-hybridized carbons (Fsp3) is 0.453. The van der Waals surface area contributed by atoms with Crippen molar-refractivity contribution in [1.29, 1.82) is 0 Å². The fourth-order valence-electron chi connectivity index (χ4n) is 10.1. The van der Waals surface area contributed by atoms with Crippen molar-refractivity contribution in [1.82, 2.24) is 33.9 Å². The molecule has 0 radical (unpaired) electrons. The van der Waals surface area contributed by atoms with Crippen LogP contribution in [0, 0.1) is 21.4 Å². The Morgan fingerprint density at radius 2 is 1.72 bits per heavy atom. The summed E-state index contributed by atoms with van der Waals surface area (Å²) in [6, 6.07) is 22.2. The van der Waals surface area contributed by atoms with Gasteiger partial charge in [0.25, 0.3) is 21.6 Å². The molecule has 2 aliphatic heterocycles. The van der Waals surface area contributed by atoms with Gasteiger partial charge >= 0.3 is 0 Å². The first-order chi connectivity index (χ1) is 34.3. The minimum Gasteiger partial charge on any atom is -0.379 e. The van der Waals surface area contributed by atoms with Crippen LogP contribution in [0.3, 0.4) is 0 Å². The lowest BCUT2D eigenvalue weighted by molar-refractivity contribution is -0.384. The first kappa shape index (κ1) is 51.3. The first-order valence-corrected chi connectivity index (χ1v) is 30.6. The number of nitro groups is 1. The molecule has 3 aromatic heterocycles. The summed E-state index contributed by atoms with van der Waals surface area (Å²) in [6.45, 7) is 19.1. The molecule has 2 fully saturated rings. The smallest absolute Gasteiger partial charge is 0.293 e. The van der Waals surface area contributed by atoms with E-state index in [4.69, 9.17) is 26.4 Å². The maximum absolute atomic E-state index is 14.4. The van der Waals surface area contributed by atoms with Crippen LogP contribution in [0.5, 0.6) is 0 Å². The number of halogens is 1. The topological polar surface area (TPSA) is 173 Å². The number of piperidine rings is 1. The molecule has 6 aromatic rings. The van der Waals surface area contributed by atoms with Gasteiger partial charge in [-0.3, -0.25) is 19.8 Å². The first-order valence-electron chi connectivity index (χ1n) is 25.1. The van der Waals surface area contributed by atoms with E-state index >= 15 is 0 Å². The monoisotopic (exact) mass is 1030 g/mol. The normalized spacial score (nSPS) is 17.5. The molecule has 1 aliphatic carbocycles. The number of fused-ring (bicyclic) bond motifs is 2. The van der Waals surface area contributed by atoms with Gasteiger partial charge in [0, 0.05) is 82.3 Å². The van der Waals surface area contributed by atoms with Crippen molar-refractivity contribution >= 4 is 80.3 Å². The molecule has 0 spiro atoms. The number of aromatic nitrogens is 4. The molecule has 382 valence electrons. The van der Waals surface area contributed by atoms with Crippen molar-refractivity contribution in [2.75, 3.05) is 76.2 Å². The molecule has 3 aromatic carbocycles. The van der Waals surface area contributed by atoms with Crippen molar-refractivity contribution < 1.29 is 22.9 Å². The van der Waals surface area contributed by atoms with E-state index in [2.05, 4.69) is 77.4 Å². The standard InChI is InChI=1S/C53H67ClN10O6SSi/c1-53(2)19-15-40(45(32-53)38-7-9-41(54)10-8-38)35-60-23-25-61(26-24-60)42-11-13-44(48(30-42)63-49-29-39-18-22-62(36-70-27-28-72(4,5)6)51(39)57-47(49)34-56-63)52(65)58-71(68,69)43-12-14-46(50(31-43)64(66)67)55-33-37-16-20-59(3)21-17-37/h7-14,18,22,29-31,34,37,55H,15-17,19-21,23-28,32-33,35-36H2,1-6H3,(H,58,65). The van der Waals surface area contributed by atoms with Gasteiger partial charge < -0.3 is 24.4 Å². The number of pyridine rings is 1. The van der Waals surface area contributed by atoms with Crippen LogP contribution in [0.4, 0.5) is 17.1 Å². The fourth-order valence-corrected chi connectivity index (χ4v) is 12.0. The zero-order valence-electron chi connectivity index (χ0n) is 42.3. The van der Waals surface area contributed by atoms with E-state index in [-0.39, 0.29) is 16.7 Å². The van der Waals surface area contributed by atoms with Crippen LogP contribution in [0.1, 0.15) is 61.9 Å². The second-order valence-electron chi connectivity index (χ2n) is 21.9. The number of ether oxygens (including phenoxy) is 1. The largest absolute Gasteiger partial charge is 0.379 e. The van der Waals surface area contributed by atoms with E-state index in [1.54, 1.807) is 16.9 Å². The van der Waals surface area contributed by atoms with Crippen LogP contribution >= 0.6 is 11.6 Å². The van der Waals surface area contributed by atoms with Gasteiger partial charge in [0.15, 0.2) is 0 Å². The number of piperazine rings is 1. The Morgan fingerprint density at radius 3 is 2.44 bits per heavy atom. The van der Waals surface area contributed by atoms with Crippen molar-refractivity contribution in [3.63, 3.8) is 0 Å². The minimum atomic E-state index is -4.59. The van der Waals surface area contributed by atoms with E-state index in [0.717, 1.165) is 112 Å². The lowest BCUT2D eigenvalue weighted by Crippen LogP contribution is -2.47. The Morgan fingerprint density at radius 1 is 0.972 bits per heavy atom. The molecule has 0 bridgehead atoms. The lowest BCUT2D eigenvalue weighted by Gasteiger charge is -2.39. The molecule has 3 aliphatic rings. The third-order valence-corrected chi connectivity index (χ3v) is 17.9. The lowest BCUT2D eigenvalue weighted by atomic mass is 9.72. The van der Waals surface area contributed by atoms with Gasteiger partial charge in [-0.05, 0) is 135 Å². The number of carbonyl (C=O) groups is 1. The van der Waals surface area contributed by atoms with E-state index in [1.807, 2.05) is 47.2 Å². The van der Waals surface area contributed by atoms with Gasteiger partial charge in [0.1, 0.15) is 23.6 Å². The van der Waals surface area contributed by atoms with Gasteiger partial charge in [0.2, 0.25) is 0 Å². The summed E-state index contributed by atoms with van der Waals surface area (Å²) in [5.41, 5.74) is 7.36. The number of nitrogens with zero attached hydrogens (tertiary/aromatic N) is 8. The molecule has 9 rings (SSSR count). The number of amides is 1. The van der Waals surface area contributed by atoms with Crippen molar-refractivity contribution in [2.45, 2.75) is 83.3 Å². The Labute approximate surface area is 428 Å². The van der Waals surface area contributed by atoms with Gasteiger partial charge in [-0.1, -0.05) is 62.8 Å². The second-order valence-corrected chi connectivity index (χ2v) is 29.6. The highest BCUT2D eigenvalue weighted by Gasteiger charge is 2.31. The van der Waals surface area contributed by atoms with Gasteiger partial charge in [0.05, 0.1) is 32.8 Å². The quantitative estimate of drug-likeness (QED) is 0.0384. The highest BCUT2D eigenvalue weighted by molar-refractivity contribution is 7.90. The molecule has 0 saturated carbocycles. The summed E-state index contributed by atoms with van der Waals surface area (Å²) >= 11 is 6.29. The van der Waals surface area contributed by atoms with Gasteiger partial charge in [-0.2, -0.15) is 5.10 Å². The molecule has 0 unspecified atom stereocenters. The Bertz CT molecular complexity index is 3120. The maximum atomic E-state index is 14.4. The number of likely N-dealkylation sites (tertiary alicyclic amines) is 1. The van der Waals surface area contributed by atoms with Crippen LogP contribution in [-0.2, 0) is 21.5 Å². The number of nitrogens with one attached hydrogen (secondary N) is 2. The molecular formula is C53H67ClN10O6SSi. The van der Waals surface area contributed by atoms with E-state index in [9.17, 15) is 23.3 Å². The van der Waals surface area contributed by atoms with E-state index in [1.165, 1.54) is 28.8 Å². The zero-order valence-corrected chi connectivity index (χ0v) is 44.9. The predicted octanol–water partition coefficient (Wildman–Crippen LogP) is 9.91. The summed E-state index contributed by atoms with van der Waals surface area (Å²) in [6.07, 6.45) is 8.69. The third-order valence-electron chi connectivity index (χ3n) is 14.6. The van der Waals surface area contributed by atoms with Crippen LogP contribution in [-0.4, -0.2) is 122 Å². The summed E-state index contributed by atoms with van der Waals surface area (Å²) in [4.78, 5) is 37.8. The number of carbonyl (C=O) groups excluding carboxylic acids is 1. The van der Waals surface area contributed by atoms with Crippen molar-refractivity contribution in [3.8, 4) is 5.69 Å². The molecule has 0 atom stereocenters. The number of hydrogen-bond acceptors (Lipinski definition) is 12. The number of rotatable bonds is 17. The third kappa shape index (κ3) is 11.9. The van der Waals surface area contributed by atoms with Crippen LogP contribution in [0.15, 0.2) is 95.7 Å². The second kappa shape index (κ2) is 21.1. The summed E-state index contributed by atoms with van der Waals surface area (Å²) in [5, 5.41) is 21.8. The van der Waals surface area contributed by atoms with Crippen LogP contribution < -0.4 is 14.9 Å². The van der Waals surface area contributed by atoms with E-state index in [0.29, 0.717) is 42.5 Å². The molecule has 2 N–H and O–H groups in total. The van der Waals surface area contributed by atoms with Crippen molar-refractivity contribution in [3.05, 3.63) is 117 Å². The molecule has 16 nitrogen and oxygen atoms in total. The summed E-state index contributed by atoms with van der Waals surface area (Å²) in [7, 11) is -3.79. The molecule has 19 heteroatoms. The number of nitro benzene ring substituents is 1. The minimum absolute atomic E-state index is 0.0484. The molecular weight excluding hydrogens is 968 g/mol. The maximum Gasteiger partial charge on any atom is 0.293 e.